The molecule has 6 nitrogen and oxygen atoms in total. The summed E-state index contributed by atoms with van der Waals surface area (Å²) in [5.41, 5.74) is 11.1. The molecule has 0 aromatic carbocycles. The summed E-state index contributed by atoms with van der Waals surface area (Å²) in [4.78, 5) is 21.3. The Hall–Kier alpha value is -1.76. The predicted octanol–water partition coefficient (Wildman–Crippen LogP) is 0.203. The fraction of sp³-hybridized carbons (Fsp3) is 0.455. The van der Waals surface area contributed by atoms with Gasteiger partial charge in [0.15, 0.2) is 0 Å². The highest BCUT2D eigenvalue weighted by Gasteiger charge is 2.11. The van der Waals surface area contributed by atoms with Gasteiger partial charge in [-0.1, -0.05) is 25.6 Å². The number of nitrogens with two attached hydrogens (primary N) is 2. The zero-order valence-electron chi connectivity index (χ0n) is 10.3. The molecule has 1 aromatic rings. The summed E-state index contributed by atoms with van der Waals surface area (Å²) >= 11 is 4.80. The third-order valence-corrected chi connectivity index (χ3v) is 2.55. The van der Waals surface area contributed by atoms with Crippen molar-refractivity contribution in [2.45, 2.75) is 19.8 Å². The predicted molar refractivity (Wildman–Crippen MR) is 74.2 cm³/mol. The summed E-state index contributed by atoms with van der Waals surface area (Å²) in [7, 11) is 0. The fourth-order valence-corrected chi connectivity index (χ4v) is 1.53. The van der Waals surface area contributed by atoms with Gasteiger partial charge in [-0.2, -0.15) is 0 Å². The molecule has 0 aliphatic heterocycles. The number of hydrogen-bond donors (Lipinski definition) is 2. The topological polar surface area (TPSA) is 98.1 Å². The standard InChI is InChI=1S/C11H17N5OS/c1-2-3-4-16(7-9(12)17)10-6-14-8(5-15-10)11(13)18/h5-6H,2-4,7H2,1H3,(H2,12,17)(H2,13,18). The van der Waals surface area contributed by atoms with Gasteiger partial charge in [-0.3, -0.25) is 4.79 Å². The van der Waals surface area contributed by atoms with Crippen LogP contribution in [-0.4, -0.2) is 34.0 Å². The first kappa shape index (κ1) is 14.3. The molecule has 0 aliphatic carbocycles. The van der Waals surface area contributed by atoms with E-state index in [0.717, 1.165) is 12.8 Å². The van der Waals surface area contributed by atoms with E-state index in [-0.39, 0.29) is 11.5 Å². The third kappa shape index (κ3) is 4.25. The molecule has 0 saturated heterocycles. The molecule has 0 unspecified atom stereocenters. The van der Waals surface area contributed by atoms with Crippen LogP contribution in [0.25, 0.3) is 0 Å². The second-order valence-electron chi connectivity index (χ2n) is 3.87. The molecule has 4 N–H and O–H groups in total. The Labute approximate surface area is 111 Å². The van der Waals surface area contributed by atoms with Crippen LogP contribution in [0.15, 0.2) is 12.4 Å². The van der Waals surface area contributed by atoms with Crippen molar-refractivity contribution in [3.63, 3.8) is 0 Å². The molecule has 0 aliphatic rings. The summed E-state index contributed by atoms with van der Waals surface area (Å²) in [5.74, 6) is 0.202. The molecule has 0 fully saturated rings. The Bertz CT molecular complexity index is 420. The van der Waals surface area contributed by atoms with Crippen molar-refractivity contribution >= 4 is 28.9 Å². The van der Waals surface area contributed by atoms with Crippen LogP contribution in [0.3, 0.4) is 0 Å². The largest absolute Gasteiger partial charge is 0.388 e. The number of anilines is 1. The molecule has 18 heavy (non-hydrogen) atoms. The zero-order chi connectivity index (χ0) is 13.5. The van der Waals surface area contributed by atoms with E-state index in [4.69, 9.17) is 23.7 Å². The van der Waals surface area contributed by atoms with Gasteiger partial charge in [0.2, 0.25) is 5.91 Å². The lowest BCUT2D eigenvalue weighted by Gasteiger charge is -2.21. The number of carbonyl (C=O) groups is 1. The van der Waals surface area contributed by atoms with Gasteiger partial charge in [-0.05, 0) is 6.42 Å². The van der Waals surface area contributed by atoms with Gasteiger partial charge in [0.25, 0.3) is 0 Å². The number of amides is 1. The molecule has 0 spiro atoms. The van der Waals surface area contributed by atoms with Crippen molar-refractivity contribution in [3.8, 4) is 0 Å². The summed E-state index contributed by atoms with van der Waals surface area (Å²) in [6.07, 6.45) is 5.02. The van der Waals surface area contributed by atoms with Crippen LogP contribution in [0.5, 0.6) is 0 Å². The van der Waals surface area contributed by atoms with Crippen molar-refractivity contribution in [2.75, 3.05) is 18.0 Å². The number of rotatable bonds is 7. The van der Waals surface area contributed by atoms with Gasteiger partial charge in [0.05, 0.1) is 18.9 Å². The third-order valence-electron chi connectivity index (χ3n) is 2.34. The minimum absolute atomic E-state index is 0.126. The van der Waals surface area contributed by atoms with E-state index >= 15 is 0 Å². The Kier molecular flexibility index (Phi) is 5.44. The number of primary amides is 1. The Morgan fingerprint density at radius 1 is 1.39 bits per heavy atom. The monoisotopic (exact) mass is 267 g/mol. The highest BCUT2D eigenvalue weighted by atomic mass is 32.1. The van der Waals surface area contributed by atoms with Crippen LogP contribution in [0.1, 0.15) is 25.5 Å². The Morgan fingerprint density at radius 3 is 2.56 bits per heavy atom. The van der Waals surface area contributed by atoms with Crippen LogP contribution in [-0.2, 0) is 4.79 Å². The van der Waals surface area contributed by atoms with Gasteiger partial charge in [-0.15, -0.1) is 0 Å². The lowest BCUT2D eigenvalue weighted by Crippen LogP contribution is -2.35. The van der Waals surface area contributed by atoms with Crippen molar-refractivity contribution in [1.82, 2.24) is 9.97 Å². The SMILES string of the molecule is CCCCN(CC(N)=O)c1cnc(C(N)=S)cn1. The minimum atomic E-state index is -0.397. The molecule has 0 atom stereocenters. The average molecular weight is 267 g/mol. The maximum atomic E-state index is 11.0. The van der Waals surface area contributed by atoms with Crippen molar-refractivity contribution in [3.05, 3.63) is 18.1 Å². The number of aromatic nitrogens is 2. The maximum absolute atomic E-state index is 11.0. The normalized spacial score (nSPS) is 10.1. The van der Waals surface area contributed by atoms with E-state index in [0.29, 0.717) is 18.1 Å². The van der Waals surface area contributed by atoms with Gasteiger partial charge < -0.3 is 16.4 Å². The summed E-state index contributed by atoms with van der Waals surface area (Å²) in [5, 5.41) is 0. The molecule has 0 saturated carbocycles. The van der Waals surface area contributed by atoms with E-state index in [1.54, 1.807) is 11.1 Å². The van der Waals surface area contributed by atoms with E-state index in [9.17, 15) is 4.79 Å². The Balaban J connectivity index is 2.83. The second-order valence-corrected chi connectivity index (χ2v) is 4.31. The fourth-order valence-electron chi connectivity index (χ4n) is 1.42. The van der Waals surface area contributed by atoms with Crippen molar-refractivity contribution in [2.24, 2.45) is 11.5 Å². The number of nitrogens with zero attached hydrogens (tertiary/aromatic N) is 3. The highest BCUT2D eigenvalue weighted by Crippen LogP contribution is 2.10. The molecule has 98 valence electrons. The molecule has 0 radical (unpaired) electrons. The van der Waals surface area contributed by atoms with Crippen molar-refractivity contribution in [1.29, 1.82) is 0 Å². The van der Waals surface area contributed by atoms with Crippen LogP contribution in [0, 0.1) is 0 Å². The quantitative estimate of drug-likeness (QED) is 0.685. The smallest absolute Gasteiger partial charge is 0.236 e. The molecule has 0 bridgehead atoms. The van der Waals surface area contributed by atoms with E-state index in [1.807, 2.05) is 0 Å². The van der Waals surface area contributed by atoms with E-state index < -0.39 is 5.91 Å². The highest BCUT2D eigenvalue weighted by molar-refractivity contribution is 7.80. The van der Waals surface area contributed by atoms with Crippen LogP contribution >= 0.6 is 12.2 Å². The number of hydrogen-bond acceptors (Lipinski definition) is 5. The van der Waals surface area contributed by atoms with Gasteiger partial charge in [0.1, 0.15) is 16.5 Å². The number of thiocarbonyl (C=S) groups is 1. The van der Waals surface area contributed by atoms with E-state index in [2.05, 4.69) is 16.9 Å². The molecule has 1 aromatic heterocycles. The molecular formula is C11H17N5OS. The molecule has 1 heterocycles. The number of unbranched alkanes of at least 4 members (excludes halogenated alkanes) is 1. The first-order valence-corrected chi connectivity index (χ1v) is 6.10. The van der Waals surface area contributed by atoms with Gasteiger partial charge in [0, 0.05) is 6.54 Å². The molecule has 1 amide bonds. The summed E-state index contributed by atoms with van der Waals surface area (Å²) in [6.45, 7) is 2.91. The first-order chi connectivity index (χ1) is 8.54. The second kappa shape index (κ2) is 6.85. The Morgan fingerprint density at radius 2 is 2.11 bits per heavy atom. The summed E-state index contributed by atoms with van der Waals surface area (Å²) < 4.78 is 0. The molecule has 1 rings (SSSR count). The summed E-state index contributed by atoms with van der Waals surface area (Å²) in [6, 6.07) is 0. The molecule has 7 heteroatoms. The molecular weight excluding hydrogens is 250 g/mol. The lowest BCUT2D eigenvalue weighted by atomic mass is 10.3. The first-order valence-electron chi connectivity index (χ1n) is 5.69. The van der Waals surface area contributed by atoms with E-state index in [1.165, 1.54) is 6.20 Å². The van der Waals surface area contributed by atoms with Crippen molar-refractivity contribution < 1.29 is 4.79 Å². The number of carbonyl (C=O) groups excluding carboxylic acids is 1. The van der Waals surface area contributed by atoms with Crippen LogP contribution in [0.4, 0.5) is 5.82 Å². The average Bonchev–Trinajstić information content (AvgIpc) is 2.34. The van der Waals surface area contributed by atoms with Crippen LogP contribution in [0.2, 0.25) is 0 Å². The maximum Gasteiger partial charge on any atom is 0.236 e. The minimum Gasteiger partial charge on any atom is -0.388 e. The van der Waals surface area contributed by atoms with Crippen LogP contribution < -0.4 is 16.4 Å². The van der Waals surface area contributed by atoms with Gasteiger partial charge in [-0.25, -0.2) is 9.97 Å². The zero-order valence-corrected chi connectivity index (χ0v) is 11.1. The lowest BCUT2D eigenvalue weighted by molar-refractivity contribution is -0.116. The van der Waals surface area contributed by atoms with Gasteiger partial charge >= 0.3 is 0 Å².